The third-order valence-corrected chi connectivity index (χ3v) is 4.04. The molecule has 3 nitrogen and oxygen atoms in total. The van der Waals surface area contributed by atoms with Crippen molar-refractivity contribution in [2.75, 3.05) is 7.05 Å². The number of thiophene rings is 1. The van der Waals surface area contributed by atoms with Gasteiger partial charge in [-0.15, -0.1) is 11.3 Å². The van der Waals surface area contributed by atoms with Crippen LogP contribution in [0.2, 0.25) is 4.34 Å². The molecule has 0 saturated heterocycles. The van der Waals surface area contributed by atoms with E-state index >= 15 is 0 Å². The van der Waals surface area contributed by atoms with Crippen LogP contribution < -0.4 is 5.32 Å². The Balaban J connectivity index is 2.24. The number of halogens is 1. The van der Waals surface area contributed by atoms with Gasteiger partial charge in [-0.25, -0.2) is 0 Å². The van der Waals surface area contributed by atoms with E-state index in [0.717, 1.165) is 23.1 Å². The second-order valence-corrected chi connectivity index (χ2v) is 5.84. The van der Waals surface area contributed by atoms with Gasteiger partial charge in [0, 0.05) is 22.7 Å². The summed E-state index contributed by atoms with van der Waals surface area (Å²) in [5.74, 6) is 0. The van der Waals surface area contributed by atoms with E-state index in [-0.39, 0.29) is 0 Å². The second kappa shape index (κ2) is 5.21. The van der Waals surface area contributed by atoms with Crippen LogP contribution in [0, 0.1) is 13.8 Å². The highest BCUT2D eigenvalue weighted by Crippen LogP contribution is 2.23. The van der Waals surface area contributed by atoms with Crippen molar-refractivity contribution in [3.05, 3.63) is 38.3 Å². The minimum absolute atomic E-state index is 0.799. The molecule has 2 aromatic rings. The number of aryl methyl sites for hydroxylation is 1. The lowest BCUT2D eigenvalue weighted by atomic mass is 10.2. The van der Waals surface area contributed by atoms with E-state index in [9.17, 15) is 0 Å². The molecule has 0 amide bonds. The van der Waals surface area contributed by atoms with E-state index in [2.05, 4.69) is 30.3 Å². The molecule has 0 fully saturated rings. The molecule has 0 aliphatic rings. The number of hydrogen-bond donors (Lipinski definition) is 1. The van der Waals surface area contributed by atoms with Gasteiger partial charge in [-0.2, -0.15) is 5.10 Å². The zero-order valence-corrected chi connectivity index (χ0v) is 11.8. The third-order valence-electron chi connectivity index (χ3n) is 2.82. The molecule has 1 N–H and O–H groups in total. The van der Waals surface area contributed by atoms with Crippen molar-refractivity contribution in [1.82, 2.24) is 15.1 Å². The predicted octanol–water partition coefficient (Wildman–Crippen LogP) is 2.98. The Morgan fingerprint density at radius 3 is 2.76 bits per heavy atom. The van der Waals surface area contributed by atoms with Crippen LogP contribution in [-0.2, 0) is 13.1 Å². The zero-order valence-electron chi connectivity index (χ0n) is 10.2. The Bertz CT molecular complexity index is 516. The Hall–Kier alpha value is -0.840. The highest BCUT2D eigenvalue weighted by molar-refractivity contribution is 7.16. The molecule has 0 aromatic carbocycles. The molecule has 5 heteroatoms. The highest BCUT2D eigenvalue weighted by Gasteiger charge is 2.11. The average Bonchev–Trinajstić information content (AvgIpc) is 2.79. The van der Waals surface area contributed by atoms with Gasteiger partial charge < -0.3 is 5.32 Å². The molecule has 0 aliphatic heterocycles. The standard InChI is InChI=1S/C12H16ClN3S/c1-8-11(6-14-3)9(2)16(15-8)7-10-4-5-12(13)17-10/h4-5,14H,6-7H2,1-3H3. The van der Waals surface area contributed by atoms with Crippen LogP contribution in [0.15, 0.2) is 12.1 Å². The van der Waals surface area contributed by atoms with Crippen molar-refractivity contribution < 1.29 is 0 Å². The van der Waals surface area contributed by atoms with Crippen LogP contribution in [0.25, 0.3) is 0 Å². The first-order valence-electron chi connectivity index (χ1n) is 5.53. The smallest absolute Gasteiger partial charge is 0.0931 e. The van der Waals surface area contributed by atoms with Gasteiger partial charge in [0.05, 0.1) is 16.6 Å². The molecule has 0 unspecified atom stereocenters. The topological polar surface area (TPSA) is 29.9 Å². The molecular weight excluding hydrogens is 254 g/mol. The van der Waals surface area contributed by atoms with Gasteiger partial charge in [0.15, 0.2) is 0 Å². The first-order chi connectivity index (χ1) is 8.11. The summed E-state index contributed by atoms with van der Waals surface area (Å²) in [4.78, 5) is 1.23. The summed E-state index contributed by atoms with van der Waals surface area (Å²) in [5, 5.41) is 7.75. The van der Waals surface area contributed by atoms with Gasteiger partial charge in [0.2, 0.25) is 0 Å². The van der Waals surface area contributed by atoms with Crippen molar-refractivity contribution in [3.63, 3.8) is 0 Å². The number of hydrogen-bond acceptors (Lipinski definition) is 3. The van der Waals surface area contributed by atoms with Gasteiger partial charge in [0.1, 0.15) is 0 Å². The lowest BCUT2D eigenvalue weighted by Gasteiger charge is -2.03. The summed E-state index contributed by atoms with van der Waals surface area (Å²) < 4.78 is 2.88. The van der Waals surface area contributed by atoms with E-state index in [0.29, 0.717) is 0 Å². The van der Waals surface area contributed by atoms with Crippen LogP contribution in [0.5, 0.6) is 0 Å². The quantitative estimate of drug-likeness (QED) is 0.925. The van der Waals surface area contributed by atoms with Crippen molar-refractivity contribution >= 4 is 22.9 Å². The van der Waals surface area contributed by atoms with Crippen LogP contribution in [0.3, 0.4) is 0 Å². The molecule has 0 atom stereocenters. The second-order valence-electron chi connectivity index (χ2n) is 4.04. The fourth-order valence-electron chi connectivity index (χ4n) is 1.90. The molecule has 0 aliphatic carbocycles. The fourth-order valence-corrected chi connectivity index (χ4v) is 2.97. The monoisotopic (exact) mass is 269 g/mol. The van der Waals surface area contributed by atoms with E-state index in [1.54, 1.807) is 11.3 Å². The lowest BCUT2D eigenvalue weighted by molar-refractivity contribution is 0.664. The maximum atomic E-state index is 5.93. The average molecular weight is 270 g/mol. The number of rotatable bonds is 4. The molecular formula is C12H16ClN3S. The van der Waals surface area contributed by atoms with Gasteiger partial charge in [-0.1, -0.05) is 11.6 Å². The molecule has 0 bridgehead atoms. The minimum Gasteiger partial charge on any atom is -0.316 e. The summed E-state index contributed by atoms with van der Waals surface area (Å²) in [7, 11) is 1.95. The molecule has 92 valence electrons. The summed E-state index contributed by atoms with van der Waals surface area (Å²) in [6, 6.07) is 3.99. The molecule has 0 radical (unpaired) electrons. The largest absolute Gasteiger partial charge is 0.316 e. The number of nitrogens with one attached hydrogen (secondary N) is 1. The van der Waals surface area contributed by atoms with Crippen LogP contribution in [-0.4, -0.2) is 16.8 Å². The Morgan fingerprint density at radius 2 is 2.18 bits per heavy atom. The Kier molecular flexibility index (Phi) is 3.86. The van der Waals surface area contributed by atoms with Gasteiger partial charge >= 0.3 is 0 Å². The van der Waals surface area contributed by atoms with Crippen molar-refractivity contribution in [2.24, 2.45) is 0 Å². The van der Waals surface area contributed by atoms with E-state index in [1.807, 2.05) is 17.8 Å². The molecule has 0 saturated carbocycles. The summed E-state index contributed by atoms with van der Waals surface area (Å²) in [6.07, 6.45) is 0. The summed E-state index contributed by atoms with van der Waals surface area (Å²) in [5.41, 5.74) is 3.61. The van der Waals surface area contributed by atoms with E-state index in [4.69, 9.17) is 11.6 Å². The minimum atomic E-state index is 0.799. The Labute approximate surface area is 110 Å². The third kappa shape index (κ3) is 2.70. The van der Waals surface area contributed by atoms with E-state index < -0.39 is 0 Å². The van der Waals surface area contributed by atoms with Crippen LogP contribution >= 0.6 is 22.9 Å². The SMILES string of the molecule is CNCc1c(C)nn(Cc2ccc(Cl)s2)c1C. The normalized spacial score (nSPS) is 11.1. The molecule has 17 heavy (non-hydrogen) atoms. The summed E-state index contributed by atoms with van der Waals surface area (Å²) >= 11 is 7.54. The maximum absolute atomic E-state index is 5.93. The summed E-state index contributed by atoms with van der Waals surface area (Å²) in [6.45, 7) is 5.83. The van der Waals surface area contributed by atoms with Crippen LogP contribution in [0.1, 0.15) is 21.8 Å². The van der Waals surface area contributed by atoms with Crippen molar-refractivity contribution in [2.45, 2.75) is 26.9 Å². The maximum Gasteiger partial charge on any atom is 0.0931 e. The van der Waals surface area contributed by atoms with Gasteiger partial charge in [0.25, 0.3) is 0 Å². The molecule has 0 spiro atoms. The number of aromatic nitrogens is 2. The van der Waals surface area contributed by atoms with Crippen molar-refractivity contribution in [3.8, 4) is 0 Å². The number of nitrogens with zero attached hydrogens (tertiary/aromatic N) is 2. The lowest BCUT2D eigenvalue weighted by Crippen LogP contribution is -2.08. The first-order valence-corrected chi connectivity index (χ1v) is 6.73. The molecule has 2 heterocycles. The van der Waals surface area contributed by atoms with E-state index in [1.165, 1.54) is 16.1 Å². The van der Waals surface area contributed by atoms with Gasteiger partial charge in [-0.05, 0) is 33.0 Å². The van der Waals surface area contributed by atoms with Gasteiger partial charge in [-0.3, -0.25) is 4.68 Å². The predicted molar refractivity (Wildman–Crippen MR) is 72.9 cm³/mol. The van der Waals surface area contributed by atoms with Crippen LogP contribution in [0.4, 0.5) is 0 Å². The highest BCUT2D eigenvalue weighted by atomic mass is 35.5. The molecule has 2 rings (SSSR count). The Morgan fingerprint density at radius 1 is 1.41 bits per heavy atom. The fraction of sp³-hybridized carbons (Fsp3) is 0.417. The first kappa shape index (κ1) is 12.6. The van der Waals surface area contributed by atoms with Crippen molar-refractivity contribution in [1.29, 1.82) is 0 Å². The zero-order chi connectivity index (χ0) is 12.4. The molecule has 2 aromatic heterocycles.